The maximum absolute atomic E-state index is 9.38. The van der Waals surface area contributed by atoms with Crippen LogP contribution < -0.4 is 5.32 Å². The molecule has 0 radical (unpaired) electrons. The molecule has 2 N–H and O–H groups in total. The normalized spacial score (nSPS) is 13.0. The Bertz CT molecular complexity index is 269. The fourth-order valence-corrected chi connectivity index (χ4v) is 1.86. The predicted octanol–water partition coefficient (Wildman–Crippen LogP) is 2.75. The lowest BCUT2D eigenvalue weighted by molar-refractivity contribution is 0.237. The van der Waals surface area contributed by atoms with E-state index in [1.54, 1.807) is 0 Å². The van der Waals surface area contributed by atoms with Crippen LogP contribution in [-0.2, 0) is 0 Å². The summed E-state index contributed by atoms with van der Waals surface area (Å²) in [6.07, 6.45) is 2.38. The average molecular weight is 221 g/mol. The van der Waals surface area contributed by atoms with E-state index in [0.717, 1.165) is 12.1 Å². The van der Waals surface area contributed by atoms with Crippen molar-refractivity contribution in [3.63, 3.8) is 0 Å². The molecular weight excluding hydrogens is 198 g/mol. The van der Waals surface area contributed by atoms with Gasteiger partial charge in [-0.3, -0.25) is 0 Å². The van der Waals surface area contributed by atoms with E-state index in [1.807, 2.05) is 18.2 Å². The monoisotopic (exact) mass is 221 g/mol. The molecule has 0 amide bonds. The number of aliphatic hydroxyl groups excluding tert-OH is 1. The molecule has 2 nitrogen and oxygen atoms in total. The van der Waals surface area contributed by atoms with Crippen LogP contribution in [0.1, 0.15) is 38.3 Å². The van der Waals surface area contributed by atoms with Gasteiger partial charge in [0.1, 0.15) is 0 Å². The van der Waals surface area contributed by atoms with Gasteiger partial charge in [0, 0.05) is 0 Å². The average Bonchev–Trinajstić information content (AvgIpc) is 2.36. The first kappa shape index (κ1) is 13.2. The SMILES string of the molecule is CCC(CC)CNC(CO)c1ccccc1. The Balaban J connectivity index is 2.50. The first-order chi connectivity index (χ1) is 7.81. The molecule has 0 heterocycles. The van der Waals surface area contributed by atoms with E-state index >= 15 is 0 Å². The summed E-state index contributed by atoms with van der Waals surface area (Å²) in [6, 6.07) is 10.2. The summed E-state index contributed by atoms with van der Waals surface area (Å²) in [4.78, 5) is 0. The Labute approximate surface area is 98.7 Å². The number of benzene rings is 1. The molecular formula is C14H23NO. The van der Waals surface area contributed by atoms with Gasteiger partial charge >= 0.3 is 0 Å². The van der Waals surface area contributed by atoms with Crippen molar-refractivity contribution < 1.29 is 5.11 Å². The third-order valence-corrected chi connectivity index (χ3v) is 3.19. The highest BCUT2D eigenvalue weighted by Crippen LogP contribution is 2.13. The Morgan fingerprint density at radius 1 is 1.12 bits per heavy atom. The number of hydrogen-bond acceptors (Lipinski definition) is 2. The summed E-state index contributed by atoms with van der Waals surface area (Å²) in [7, 11) is 0. The van der Waals surface area contributed by atoms with Gasteiger partial charge in [-0.05, 0) is 18.0 Å². The van der Waals surface area contributed by atoms with Crippen LogP contribution in [0.25, 0.3) is 0 Å². The minimum Gasteiger partial charge on any atom is -0.394 e. The van der Waals surface area contributed by atoms with Gasteiger partial charge in [0.05, 0.1) is 12.6 Å². The van der Waals surface area contributed by atoms with Gasteiger partial charge in [0.25, 0.3) is 0 Å². The van der Waals surface area contributed by atoms with Crippen molar-refractivity contribution in [2.75, 3.05) is 13.2 Å². The van der Waals surface area contributed by atoms with E-state index in [2.05, 4.69) is 31.3 Å². The van der Waals surface area contributed by atoms with Gasteiger partial charge in [0.2, 0.25) is 0 Å². The number of nitrogens with one attached hydrogen (secondary N) is 1. The quantitative estimate of drug-likeness (QED) is 0.742. The molecule has 0 aromatic heterocycles. The standard InChI is InChI=1S/C14H23NO/c1-3-12(4-2)10-15-14(11-16)13-8-6-5-7-9-13/h5-9,12,14-16H,3-4,10-11H2,1-2H3. The summed E-state index contributed by atoms with van der Waals surface area (Å²) in [5, 5.41) is 12.8. The zero-order chi connectivity index (χ0) is 11.8. The molecule has 0 aliphatic rings. The van der Waals surface area contributed by atoms with E-state index in [9.17, 15) is 5.11 Å². The highest BCUT2D eigenvalue weighted by molar-refractivity contribution is 5.18. The van der Waals surface area contributed by atoms with Crippen LogP contribution >= 0.6 is 0 Å². The lowest BCUT2D eigenvalue weighted by atomic mass is 10.0. The second kappa shape index (κ2) is 7.42. The molecule has 2 heteroatoms. The van der Waals surface area contributed by atoms with Crippen LogP contribution in [0.15, 0.2) is 30.3 Å². The van der Waals surface area contributed by atoms with Crippen molar-refractivity contribution >= 4 is 0 Å². The minimum atomic E-state index is 0.0711. The largest absolute Gasteiger partial charge is 0.394 e. The van der Waals surface area contributed by atoms with E-state index in [4.69, 9.17) is 0 Å². The summed E-state index contributed by atoms with van der Waals surface area (Å²) in [5.74, 6) is 0.706. The van der Waals surface area contributed by atoms with Gasteiger partial charge in [-0.15, -0.1) is 0 Å². The molecule has 1 aromatic rings. The molecule has 0 spiro atoms. The zero-order valence-corrected chi connectivity index (χ0v) is 10.3. The lowest BCUT2D eigenvalue weighted by Crippen LogP contribution is -2.29. The van der Waals surface area contributed by atoms with Gasteiger partial charge in [-0.25, -0.2) is 0 Å². The van der Waals surface area contributed by atoms with Gasteiger partial charge in [-0.1, -0.05) is 57.0 Å². The highest BCUT2D eigenvalue weighted by Gasteiger charge is 2.11. The molecule has 0 aliphatic carbocycles. The molecule has 1 aromatic carbocycles. The summed E-state index contributed by atoms with van der Waals surface area (Å²) in [6.45, 7) is 5.57. The molecule has 1 rings (SSSR count). The smallest absolute Gasteiger partial charge is 0.0626 e. The van der Waals surface area contributed by atoms with Crippen molar-refractivity contribution in [3.05, 3.63) is 35.9 Å². The molecule has 0 saturated heterocycles. The van der Waals surface area contributed by atoms with Gasteiger partial charge in [0.15, 0.2) is 0 Å². The fourth-order valence-electron chi connectivity index (χ4n) is 1.86. The van der Waals surface area contributed by atoms with Crippen molar-refractivity contribution in [2.45, 2.75) is 32.7 Å². The van der Waals surface area contributed by atoms with E-state index < -0.39 is 0 Å². The summed E-state index contributed by atoms with van der Waals surface area (Å²) < 4.78 is 0. The Morgan fingerprint density at radius 2 is 1.75 bits per heavy atom. The lowest BCUT2D eigenvalue weighted by Gasteiger charge is -2.20. The van der Waals surface area contributed by atoms with Crippen molar-refractivity contribution in [1.29, 1.82) is 0 Å². The third-order valence-electron chi connectivity index (χ3n) is 3.19. The maximum Gasteiger partial charge on any atom is 0.0626 e. The Kier molecular flexibility index (Phi) is 6.12. The molecule has 0 saturated carbocycles. The van der Waals surface area contributed by atoms with E-state index in [-0.39, 0.29) is 12.6 Å². The number of rotatable bonds is 7. The van der Waals surface area contributed by atoms with Gasteiger partial charge in [-0.2, -0.15) is 0 Å². The minimum absolute atomic E-state index is 0.0711. The third kappa shape index (κ3) is 3.95. The second-order valence-corrected chi connectivity index (χ2v) is 4.24. The first-order valence-corrected chi connectivity index (χ1v) is 6.21. The molecule has 16 heavy (non-hydrogen) atoms. The highest BCUT2D eigenvalue weighted by atomic mass is 16.3. The van der Waals surface area contributed by atoms with Crippen LogP contribution in [-0.4, -0.2) is 18.3 Å². The molecule has 1 atom stereocenters. The van der Waals surface area contributed by atoms with E-state index in [1.165, 1.54) is 12.8 Å². The molecule has 0 aliphatic heterocycles. The second-order valence-electron chi connectivity index (χ2n) is 4.24. The molecule has 0 bridgehead atoms. The fraction of sp³-hybridized carbons (Fsp3) is 0.571. The molecule has 0 fully saturated rings. The molecule has 90 valence electrons. The van der Waals surface area contributed by atoms with Crippen LogP contribution in [0.4, 0.5) is 0 Å². The van der Waals surface area contributed by atoms with Crippen molar-refractivity contribution in [2.24, 2.45) is 5.92 Å². The predicted molar refractivity (Wildman–Crippen MR) is 68.3 cm³/mol. The van der Waals surface area contributed by atoms with Crippen LogP contribution in [0.2, 0.25) is 0 Å². The van der Waals surface area contributed by atoms with Crippen LogP contribution in [0.5, 0.6) is 0 Å². The number of aliphatic hydroxyl groups is 1. The maximum atomic E-state index is 9.38. The van der Waals surface area contributed by atoms with Crippen molar-refractivity contribution in [3.8, 4) is 0 Å². The van der Waals surface area contributed by atoms with Gasteiger partial charge < -0.3 is 10.4 Å². The topological polar surface area (TPSA) is 32.3 Å². The first-order valence-electron chi connectivity index (χ1n) is 6.21. The zero-order valence-electron chi connectivity index (χ0n) is 10.3. The van der Waals surface area contributed by atoms with Crippen molar-refractivity contribution in [1.82, 2.24) is 5.32 Å². The van der Waals surface area contributed by atoms with Crippen LogP contribution in [0.3, 0.4) is 0 Å². The summed E-state index contributed by atoms with van der Waals surface area (Å²) >= 11 is 0. The Hall–Kier alpha value is -0.860. The summed E-state index contributed by atoms with van der Waals surface area (Å²) in [5.41, 5.74) is 1.16. The number of hydrogen-bond donors (Lipinski definition) is 2. The van der Waals surface area contributed by atoms with E-state index in [0.29, 0.717) is 5.92 Å². The Morgan fingerprint density at radius 3 is 2.25 bits per heavy atom. The molecule has 1 unspecified atom stereocenters. The van der Waals surface area contributed by atoms with Crippen LogP contribution in [0, 0.1) is 5.92 Å².